The number of hydrogen-bond donors (Lipinski definition) is 1. The van der Waals surface area contributed by atoms with Crippen LogP contribution in [0.1, 0.15) is 0 Å². The molecule has 3 rings (SSSR count). The van der Waals surface area contributed by atoms with Crippen molar-refractivity contribution in [2.75, 3.05) is 16.4 Å². The summed E-state index contributed by atoms with van der Waals surface area (Å²) in [6.45, 7) is 0. The van der Waals surface area contributed by atoms with E-state index in [1.165, 1.54) is 11.8 Å². The molecule has 7 heteroatoms. The molecule has 0 spiro atoms. The zero-order chi connectivity index (χ0) is 12.9. The minimum absolute atomic E-state index is 0.0264. The van der Waals surface area contributed by atoms with Crippen molar-refractivity contribution < 1.29 is 8.42 Å². The SMILES string of the molecule is N=C1S[C@H]2CS(=O)(=O)C[C@H]2N1c1cccc(Cl)c1. The van der Waals surface area contributed by atoms with Crippen LogP contribution in [0.4, 0.5) is 5.69 Å². The summed E-state index contributed by atoms with van der Waals surface area (Å²) in [5.41, 5.74) is 0.796. The predicted octanol–water partition coefficient (Wildman–Crippen LogP) is 1.99. The molecule has 0 radical (unpaired) electrons. The highest BCUT2D eigenvalue weighted by molar-refractivity contribution is 8.15. The molecule has 1 N–H and O–H groups in total. The molecule has 2 aliphatic heterocycles. The number of halogens is 1. The van der Waals surface area contributed by atoms with Gasteiger partial charge in [0.15, 0.2) is 15.0 Å². The summed E-state index contributed by atoms with van der Waals surface area (Å²) in [6, 6.07) is 7.07. The molecule has 0 bridgehead atoms. The maximum atomic E-state index is 11.7. The number of hydrogen-bond acceptors (Lipinski definition) is 4. The average Bonchev–Trinajstić information content (AvgIpc) is 2.68. The molecule has 96 valence electrons. The number of thioether (sulfide) groups is 1. The zero-order valence-electron chi connectivity index (χ0n) is 9.34. The summed E-state index contributed by atoms with van der Waals surface area (Å²) < 4.78 is 23.3. The monoisotopic (exact) mass is 302 g/mol. The fraction of sp³-hybridized carbons (Fsp3) is 0.364. The van der Waals surface area contributed by atoms with Crippen molar-refractivity contribution in [2.24, 2.45) is 0 Å². The molecule has 2 atom stereocenters. The van der Waals surface area contributed by atoms with E-state index in [2.05, 4.69) is 0 Å². The summed E-state index contributed by atoms with van der Waals surface area (Å²) in [5.74, 6) is 0.293. The fourth-order valence-corrected chi connectivity index (χ4v) is 6.41. The van der Waals surface area contributed by atoms with E-state index < -0.39 is 9.84 Å². The first-order valence-corrected chi connectivity index (χ1v) is 8.55. The molecular weight excluding hydrogens is 292 g/mol. The number of anilines is 1. The van der Waals surface area contributed by atoms with E-state index in [-0.39, 0.29) is 22.8 Å². The third-order valence-corrected chi connectivity index (χ3v) is 6.54. The van der Waals surface area contributed by atoms with Crippen LogP contribution in [0, 0.1) is 5.41 Å². The largest absolute Gasteiger partial charge is 0.316 e. The van der Waals surface area contributed by atoms with Crippen LogP contribution in [0.25, 0.3) is 0 Å². The minimum atomic E-state index is -2.97. The van der Waals surface area contributed by atoms with E-state index in [9.17, 15) is 8.42 Å². The average molecular weight is 303 g/mol. The maximum absolute atomic E-state index is 11.7. The van der Waals surface area contributed by atoms with Gasteiger partial charge in [-0.25, -0.2) is 8.42 Å². The van der Waals surface area contributed by atoms with Gasteiger partial charge in [0.1, 0.15) is 0 Å². The maximum Gasteiger partial charge on any atom is 0.161 e. The van der Waals surface area contributed by atoms with Crippen molar-refractivity contribution in [3.63, 3.8) is 0 Å². The third-order valence-electron chi connectivity index (χ3n) is 3.17. The van der Waals surface area contributed by atoms with Gasteiger partial charge in [-0.05, 0) is 18.2 Å². The van der Waals surface area contributed by atoms with E-state index in [0.29, 0.717) is 10.2 Å². The highest BCUT2D eigenvalue weighted by Crippen LogP contribution is 2.40. The molecule has 2 fully saturated rings. The van der Waals surface area contributed by atoms with Gasteiger partial charge in [-0.2, -0.15) is 0 Å². The topological polar surface area (TPSA) is 61.2 Å². The van der Waals surface area contributed by atoms with Gasteiger partial charge in [-0.3, -0.25) is 5.41 Å². The van der Waals surface area contributed by atoms with Crippen molar-refractivity contribution in [3.8, 4) is 0 Å². The van der Waals surface area contributed by atoms with Gasteiger partial charge in [0, 0.05) is 16.0 Å². The minimum Gasteiger partial charge on any atom is -0.316 e. The standard InChI is InChI=1S/C11H11ClN2O2S2/c12-7-2-1-3-8(4-7)14-9-5-18(15,16)6-10(9)17-11(14)13/h1-4,9-10,13H,5-6H2/t9-,10+/m1/s1. The molecule has 0 unspecified atom stereocenters. The molecule has 2 heterocycles. The van der Waals surface area contributed by atoms with E-state index in [0.717, 1.165) is 5.69 Å². The smallest absolute Gasteiger partial charge is 0.161 e. The molecule has 1 aromatic rings. The zero-order valence-corrected chi connectivity index (χ0v) is 11.7. The molecule has 4 nitrogen and oxygen atoms in total. The second-order valence-corrected chi connectivity index (χ2v) is 8.27. The summed E-state index contributed by atoms with van der Waals surface area (Å²) in [5, 5.41) is 8.96. The molecule has 0 amide bonds. The number of fused-ring (bicyclic) bond motifs is 1. The Morgan fingerprint density at radius 2 is 2.17 bits per heavy atom. The number of benzene rings is 1. The summed E-state index contributed by atoms with van der Waals surface area (Å²) in [7, 11) is -2.97. The molecule has 2 aliphatic rings. The van der Waals surface area contributed by atoms with Crippen LogP contribution < -0.4 is 4.90 Å². The number of nitrogens with zero attached hydrogens (tertiary/aromatic N) is 1. The van der Waals surface area contributed by atoms with Crippen molar-refractivity contribution in [1.29, 1.82) is 5.41 Å². The first-order chi connectivity index (χ1) is 8.46. The second kappa shape index (κ2) is 4.15. The van der Waals surface area contributed by atoms with E-state index >= 15 is 0 Å². The Hall–Kier alpha value is -0.720. The van der Waals surface area contributed by atoms with Crippen molar-refractivity contribution >= 4 is 44.1 Å². The highest BCUT2D eigenvalue weighted by Gasteiger charge is 2.48. The fourth-order valence-electron chi connectivity index (χ4n) is 2.44. The summed E-state index contributed by atoms with van der Waals surface area (Å²) in [4.78, 5) is 1.78. The van der Waals surface area contributed by atoms with Crippen LogP contribution in [0.15, 0.2) is 24.3 Å². The Morgan fingerprint density at radius 3 is 2.89 bits per heavy atom. The first-order valence-electron chi connectivity index (χ1n) is 5.47. The number of sulfone groups is 1. The number of amidine groups is 1. The molecule has 2 saturated heterocycles. The van der Waals surface area contributed by atoms with Gasteiger partial charge in [0.25, 0.3) is 0 Å². The Balaban J connectivity index is 1.99. The van der Waals surface area contributed by atoms with Gasteiger partial charge in [0.2, 0.25) is 0 Å². The number of nitrogens with one attached hydrogen (secondary N) is 1. The lowest BCUT2D eigenvalue weighted by molar-refractivity contribution is 0.601. The van der Waals surface area contributed by atoms with Crippen LogP contribution in [-0.2, 0) is 9.84 Å². The van der Waals surface area contributed by atoms with Crippen LogP contribution in [-0.4, -0.2) is 36.4 Å². The van der Waals surface area contributed by atoms with Gasteiger partial charge >= 0.3 is 0 Å². The lowest BCUT2D eigenvalue weighted by Gasteiger charge is -2.23. The number of rotatable bonds is 1. The normalized spacial score (nSPS) is 29.6. The van der Waals surface area contributed by atoms with Gasteiger partial charge in [-0.1, -0.05) is 29.4 Å². The Kier molecular flexibility index (Phi) is 2.84. The highest BCUT2D eigenvalue weighted by atomic mass is 35.5. The molecular formula is C11H11ClN2O2S2. The van der Waals surface area contributed by atoms with E-state index in [1.807, 2.05) is 12.1 Å². The quantitative estimate of drug-likeness (QED) is 0.862. The van der Waals surface area contributed by atoms with E-state index in [4.69, 9.17) is 17.0 Å². The van der Waals surface area contributed by atoms with Crippen LogP contribution in [0.2, 0.25) is 5.02 Å². The molecule has 18 heavy (non-hydrogen) atoms. The third kappa shape index (κ3) is 2.02. The predicted molar refractivity (Wildman–Crippen MR) is 75.5 cm³/mol. The van der Waals surface area contributed by atoms with Crippen molar-refractivity contribution in [2.45, 2.75) is 11.3 Å². The lowest BCUT2D eigenvalue weighted by atomic mass is 10.2. The molecule has 0 aliphatic carbocycles. The summed E-state index contributed by atoms with van der Waals surface area (Å²) in [6.07, 6.45) is 0. The molecule has 0 saturated carbocycles. The van der Waals surface area contributed by atoms with Crippen molar-refractivity contribution in [1.82, 2.24) is 0 Å². The van der Waals surface area contributed by atoms with Crippen molar-refractivity contribution in [3.05, 3.63) is 29.3 Å². The lowest BCUT2D eigenvalue weighted by Crippen LogP contribution is -2.37. The van der Waals surface area contributed by atoms with Gasteiger partial charge < -0.3 is 4.90 Å². The van der Waals surface area contributed by atoms with Crippen LogP contribution in [0.3, 0.4) is 0 Å². The summed E-state index contributed by atoms with van der Waals surface area (Å²) >= 11 is 7.28. The van der Waals surface area contributed by atoms with Crippen LogP contribution in [0.5, 0.6) is 0 Å². The Bertz CT molecular complexity index is 617. The van der Waals surface area contributed by atoms with E-state index in [1.54, 1.807) is 17.0 Å². The second-order valence-electron chi connectivity index (χ2n) is 4.46. The molecule has 0 aromatic heterocycles. The first kappa shape index (κ1) is 12.3. The Labute approximate surface area is 115 Å². The Morgan fingerprint density at radius 1 is 1.39 bits per heavy atom. The van der Waals surface area contributed by atoms with Gasteiger partial charge in [-0.15, -0.1) is 0 Å². The van der Waals surface area contributed by atoms with Gasteiger partial charge in [0.05, 0.1) is 17.5 Å². The van der Waals surface area contributed by atoms with Crippen LogP contribution >= 0.6 is 23.4 Å². The molecule has 1 aromatic carbocycles.